The number of nitriles is 1. The second kappa shape index (κ2) is 8.25. The Morgan fingerprint density at radius 1 is 0.852 bits per heavy atom. The first-order valence-corrected chi connectivity index (χ1v) is 10.3. The van der Waals surface area contributed by atoms with E-state index in [0.29, 0.717) is 6.04 Å². The predicted molar refractivity (Wildman–Crippen MR) is 109 cm³/mol. The molecule has 3 heteroatoms. The lowest BCUT2D eigenvalue weighted by Crippen LogP contribution is -2.51. The average molecular weight is 360 g/mol. The van der Waals surface area contributed by atoms with Gasteiger partial charge in [-0.15, -0.1) is 0 Å². The van der Waals surface area contributed by atoms with Gasteiger partial charge in [0, 0.05) is 38.8 Å². The molecule has 0 bridgehead atoms. The molecule has 0 aromatic heterocycles. The van der Waals surface area contributed by atoms with Gasteiger partial charge in [-0.25, -0.2) is 0 Å². The lowest BCUT2D eigenvalue weighted by Gasteiger charge is -2.44. The van der Waals surface area contributed by atoms with Gasteiger partial charge in [0.25, 0.3) is 0 Å². The van der Waals surface area contributed by atoms with Crippen molar-refractivity contribution in [1.29, 1.82) is 5.26 Å². The molecule has 1 saturated carbocycles. The van der Waals surface area contributed by atoms with E-state index in [0.717, 1.165) is 58.4 Å². The molecule has 0 unspecified atom stereocenters. The number of hydrogen-bond donors (Lipinski definition) is 0. The summed E-state index contributed by atoms with van der Waals surface area (Å²) in [6.45, 7) is 5.66. The quantitative estimate of drug-likeness (QED) is 0.819. The number of piperazine rings is 1. The molecule has 2 aromatic carbocycles. The third-order valence-corrected chi connectivity index (χ3v) is 6.52. The summed E-state index contributed by atoms with van der Waals surface area (Å²) in [7, 11) is 0. The zero-order valence-electron chi connectivity index (χ0n) is 16.1. The molecule has 4 rings (SSSR count). The van der Waals surface area contributed by atoms with Crippen molar-refractivity contribution in [2.45, 2.75) is 43.7 Å². The Balaban J connectivity index is 1.30. The second-order valence-corrected chi connectivity index (χ2v) is 8.09. The number of nitrogens with zero attached hydrogens (tertiary/aromatic N) is 3. The Kier molecular flexibility index (Phi) is 5.57. The summed E-state index contributed by atoms with van der Waals surface area (Å²) in [6.07, 6.45) is 4.26. The lowest BCUT2D eigenvalue weighted by molar-refractivity contribution is 0.0677. The SMILES string of the molecule is N#C[C@]1(c2ccccc2)CC[C@H](N2CCN(Cc3ccccc3)CC2)CC1. The molecule has 3 nitrogen and oxygen atoms in total. The standard InChI is InChI=1S/C24H29N3/c25-20-24(22-9-5-2-6-10-22)13-11-23(12-14-24)27-17-15-26(16-18-27)19-21-7-3-1-4-8-21/h1-10,23H,11-19H2/t23-,24-. The Hall–Kier alpha value is -2.15. The van der Waals surface area contributed by atoms with E-state index in [4.69, 9.17) is 0 Å². The van der Waals surface area contributed by atoms with Crippen LogP contribution in [-0.4, -0.2) is 42.0 Å². The van der Waals surface area contributed by atoms with Crippen molar-refractivity contribution < 1.29 is 0 Å². The molecule has 1 aliphatic heterocycles. The Bertz CT molecular complexity index is 749. The van der Waals surface area contributed by atoms with Gasteiger partial charge >= 0.3 is 0 Å². The van der Waals surface area contributed by atoms with E-state index >= 15 is 0 Å². The van der Waals surface area contributed by atoms with E-state index in [1.807, 2.05) is 6.07 Å². The molecular formula is C24H29N3. The Labute approximate surface area is 163 Å². The van der Waals surface area contributed by atoms with Gasteiger partial charge in [-0.1, -0.05) is 60.7 Å². The molecule has 1 aliphatic carbocycles. The van der Waals surface area contributed by atoms with Crippen molar-refractivity contribution in [2.24, 2.45) is 0 Å². The first kappa shape index (κ1) is 18.2. The highest BCUT2D eigenvalue weighted by Crippen LogP contribution is 2.40. The summed E-state index contributed by atoms with van der Waals surface area (Å²) in [6, 6.07) is 24.5. The highest BCUT2D eigenvalue weighted by atomic mass is 15.3. The third-order valence-electron chi connectivity index (χ3n) is 6.52. The van der Waals surface area contributed by atoms with Crippen molar-refractivity contribution in [1.82, 2.24) is 9.80 Å². The van der Waals surface area contributed by atoms with Crippen LogP contribution in [0.4, 0.5) is 0 Å². The van der Waals surface area contributed by atoms with Crippen molar-refractivity contribution >= 4 is 0 Å². The molecule has 0 N–H and O–H groups in total. The topological polar surface area (TPSA) is 30.3 Å². The summed E-state index contributed by atoms with van der Waals surface area (Å²) < 4.78 is 0. The van der Waals surface area contributed by atoms with E-state index < -0.39 is 0 Å². The van der Waals surface area contributed by atoms with Crippen LogP contribution in [0, 0.1) is 11.3 Å². The normalized spacial score (nSPS) is 27.1. The van der Waals surface area contributed by atoms with Gasteiger partial charge in [0.15, 0.2) is 0 Å². The van der Waals surface area contributed by atoms with Gasteiger partial charge in [-0.05, 0) is 36.8 Å². The monoisotopic (exact) mass is 359 g/mol. The van der Waals surface area contributed by atoms with Crippen LogP contribution in [0.25, 0.3) is 0 Å². The lowest BCUT2D eigenvalue weighted by atomic mass is 9.69. The minimum absolute atomic E-state index is 0.271. The first-order valence-electron chi connectivity index (χ1n) is 10.3. The zero-order chi connectivity index (χ0) is 18.5. The zero-order valence-corrected chi connectivity index (χ0v) is 16.1. The largest absolute Gasteiger partial charge is 0.298 e. The van der Waals surface area contributed by atoms with Gasteiger partial charge < -0.3 is 0 Å². The van der Waals surface area contributed by atoms with Gasteiger partial charge in [0.05, 0.1) is 11.5 Å². The molecular weight excluding hydrogens is 330 g/mol. The number of hydrogen-bond acceptors (Lipinski definition) is 3. The minimum Gasteiger partial charge on any atom is -0.298 e. The van der Waals surface area contributed by atoms with Crippen LogP contribution in [0.3, 0.4) is 0 Å². The van der Waals surface area contributed by atoms with Crippen LogP contribution in [0.15, 0.2) is 60.7 Å². The summed E-state index contributed by atoms with van der Waals surface area (Å²) >= 11 is 0. The molecule has 1 saturated heterocycles. The smallest absolute Gasteiger partial charge is 0.0823 e. The molecule has 2 fully saturated rings. The fraction of sp³-hybridized carbons (Fsp3) is 0.458. The molecule has 2 aliphatic rings. The van der Waals surface area contributed by atoms with Gasteiger partial charge in [0.1, 0.15) is 0 Å². The molecule has 0 radical (unpaired) electrons. The van der Waals surface area contributed by atoms with Gasteiger partial charge in [0.2, 0.25) is 0 Å². The average Bonchev–Trinajstić information content (AvgIpc) is 2.76. The predicted octanol–water partition coefficient (Wildman–Crippen LogP) is 4.21. The third kappa shape index (κ3) is 4.08. The van der Waals surface area contributed by atoms with Crippen LogP contribution in [0.1, 0.15) is 36.8 Å². The van der Waals surface area contributed by atoms with Gasteiger partial charge in [-0.3, -0.25) is 9.80 Å². The number of benzene rings is 2. The second-order valence-electron chi connectivity index (χ2n) is 8.09. The molecule has 27 heavy (non-hydrogen) atoms. The fourth-order valence-electron chi connectivity index (χ4n) is 4.81. The summed E-state index contributed by atoms with van der Waals surface area (Å²) in [5.41, 5.74) is 2.34. The Morgan fingerprint density at radius 2 is 1.44 bits per heavy atom. The van der Waals surface area contributed by atoms with E-state index in [2.05, 4.69) is 70.5 Å². The van der Waals surface area contributed by atoms with Crippen molar-refractivity contribution in [3.63, 3.8) is 0 Å². The molecule has 0 atom stereocenters. The van der Waals surface area contributed by atoms with Crippen molar-refractivity contribution in [2.75, 3.05) is 26.2 Å². The van der Waals surface area contributed by atoms with E-state index in [9.17, 15) is 5.26 Å². The van der Waals surface area contributed by atoms with E-state index in [1.54, 1.807) is 0 Å². The minimum atomic E-state index is -0.271. The highest BCUT2D eigenvalue weighted by Gasteiger charge is 2.39. The molecule has 0 spiro atoms. The fourth-order valence-corrected chi connectivity index (χ4v) is 4.81. The van der Waals surface area contributed by atoms with Crippen LogP contribution >= 0.6 is 0 Å². The van der Waals surface area contributed by atoms with Crippen LogP contribution in [-0.2, 0) is 12.0 Å². The molecule has 2 aromatic rings. The summed E-state index contributed by atoms with van der Waals surface area (Å²) in [5, 5.41) is 9.90. The highest BCUT2D eigenvalue weighted by molar-refractivity contribution is 5.33. The molecule has 140 valence electrons. The van der Waals surface area contributed by atoms with Crippen LogP contribution in [0.2, 0.25) is 0 Å². The molecule has 1 heterocycles. The Morgan fingerprint density at radius 3 is 2.04 bits per heavy atom. The van der Waals surface area contributed by atoms with Crippen molar-refractivity contribution in [3.8, 4) is 6.07 Å². The van der Waals surface area contributed by atoms with E-state index in [1.165, 1.54) is 11.1 Å². The maximum Gasteiger partial charge on any atom is 0.0823 e. The van der Waals surface area contributed by atoms with Gasteiger partial charge in [-0.2, -0.15) is 5.26 Å². The maximum absolute atomic E-state index is 9.90. The van der Waals surface area contributed by atoms with E-state index in [-0.39, 0.29) is 5.41 Å². The number of rotatable bonds is 4. The summed E-state index contributed by atoms with van der Waals surface area (Å²) in [4.78, 5) is 5.24. The molecule has 0 amide bonds. The first-order chi connectivity index (χ1) is 13.3. The maximum atomic E-state index is 9.90. The van der Waals surface area contributed by atoms with Crippen LogP contribution < -0.4 is 0 Å². The van der Waals surface area contributed by atoms with Crippen molar-refractivity contribution in [3.05, 3.63) is 71.8 Å². The summed E-state index contributed by atoms with van der Waals surface area (Å²) in [5.74, 6) is 0. The van der Waals surface area contributed by atoms with Crippen LogP contribution in [0.5, 0.6) is 0 Å².